The Kier molecular flexibility index (Phi) is 9.60. The number of aryl methyl sites for hydroxylation is 1. The van der Waals surface area contributed by atoms with Gasteiger partial charge in [-0.1, -0.05) is 23.8 Å². The van der Waals surface area contributed by atoms with E-state index in [9.17, 15) is 29.4 Å². The molecule has 0 spiro atoms. The number of amides is 2. The predicted octanol–water partition coefficient (Wildman–Crippen LogP) is -1.70. The lowest BCUT2D eigenvalue weighted by Crippen LogP contribution is -2.74. The fourth-order valence-electron chi connectivity index (χ4n) is 3.93. The van der Waals surface area contributed by atoms with Gasteiger partial charge in [0, 0.05) is 36.1 Å². The Bertz CT molecular complexity index is 1340. The van der Waals surface area contributed by atoms with Crippen molar-refractivity contribution in [2.24, 2.45) is 16.3 Å². The number of carbonyl (C=O) groups is 4. The highest BCUT2D eigenvalue weighted by atomic mass is 32.2. The number of nitrogens with one attached hydrogen (secondary N) is 1. The molecule has 4 rings (SSSR count). The summed E-state index contributed by atoms with van der Waals surface area (Å²) in [4.78, 5) is 60.2. The molecule has 7 N–H and O–H groups in total. The first-order valence-corrected chi connectivity index (χ1v) is 15.0. The molecule has 4 heterocycles. The number of carboxylic acid groups (broad SMARTS) is 2. The molecule has 21 heteroatoms. The molecule has 0 saturated carbocycles. The van der Waals surface area contributed by atoms with Gasteiger partial charge in [0.2, 0.25) is 28.7 Å². The highest BCUT2D eigenvalue weighted by Gasteiger charge is 2.57. The number of aromatic nitrogens is 6. The molecule has 41 heavy (non-hydrogen) atoms. The number of thioether (sulfide) groups is 2. The maximum absolute atomic E-state index is 13.1. The average molecular weight is 630 g/mol. The van der Waals surface area contributed by atoms with E-state index in [1.807, 2.05) is 0 Å². The molecule has 2 aromatic heterocycles. The van der Waals surface area contributed by atoms with E-state index in [1.54, 1.807) is 11.6 Å². The Morgan fingerprint density at radius 2 is 2.15 bits per heavy atom. The smallest absolute Gasteiger partial charge is 0.347 e. The van der Waals surface area contributed by atoms with E-state index in [4.69, 9.17) is 16.3 Å². The minimum atomic E-state index is -1.32. The van der Waals surface area contributed by atoms with Crippen LogP contribution >= 0.6 is 35.1 Å². The van der Waals surface area contributed by atoms with Gasteiger partial charge in [-0.2, -0.15) is 9.36 Å². The number of rotatable bonds is 14. The van der Waals surface area contributed by atoms with Gasteiger partial charge in [0.1, 0.15) is 16.8 Å². The first-order chi connectivity index (χ1) is 19.6. The van der Waals surface area contributed by atoms with Gasteiger partial charge >= 0.3 is 11.9 Å². The lowest BCUT2D eigenvalue weighted by atomic mass is 9.89. The van der Waals surface area contributed by atoms with E-state index in [2.05, 4.69) is 35.4 Å². The lowest BCUT2D eigenvalue weighted by Gasteiger charge is -2.53. The molecule has 0 aromatic carbocycles. The molecule has 222 valence electrons. The van der Waals surface area contributed by atoms with E-state index in [-0.39, 0.29) is 35.4 Å². The zero-order chi connectivity index (χ0) is 29.7. The van der Waals surface area contributed by atoms with Gasteiger partial charge in [0.05, 0.1) is 0 Å². The monoisotopic (exact) mass is 629 g/mol. The van der Waals surface area contributed by atoms with Crippen molar-refractivity contribution in [1.82, 2.24) is 39.8 Å². The largest absolute Gasteiger partial charge is 0.481 e. The Morgan fingerprint density at radius 3 is 2.78 bits per heavy atom. The maximum Gasteiger partial charge on any atom is 0.347 e. The molecule has 18 nitrogen and oxygen atoms in total. The van der Waals surface area contributed by atoms with E-state index < -0.39 is 52.4 Å². The molecule has 2 aliphatic heterocycles. The van der Waals surface area contributed by atoms with Crippen molar-refractivity contribution in [1.29, 1.82) is 0 Å². The first kappa shape index (κ1) is 30.4. The molecule has 4 atom stereocenters. The quantitative estimate of drug-likeness (QED) is 0.0674. The molecule has 2 amide bonds. The van der Waals surface area contributed by atoms with Crippen molar-refractivity contribution in [2.75, 3.05) is 30.3 Å². The van der Waals surface area contributed by atoms with E-state index >= 15 is 0 Å². The second kappa shape index (κ2) is 13.0. The third-order valence-electron chi connectivity index (χ3n) is 6.22. The number of fused-ring (bicyclic) bond motifs is 1. The fraction of sp³-hybridized carbons (Fsp3) is 0.600. The van der Waals surface area contributed by atoms with Gasteiger partial charge in [-0.15, -0.1) is 16.9 Å². The lowest BCUT2D eigenvalue weighted by molar-refractivity contribution is -0.157. The third kappa shape index (κ3) is 6.52. The zero-order valence-electron chi connectivity index (χ0n) is 21.6. The molecular formula is C20H27N11O7S3. The number of hydrogen-bond donors (Lipinski definition) is 5. The number of tetrazole rings is 1. The van der Waals surface area contributed by atoms with Crippen LogP contribution in [0.4, 0.5) is 5.13 Å². The number of nitrogens with two attached hydrogens (primary N) is 2. The Hall–Kier alpha value is -3.56. The maximum atomic E-state index is 13.1. The number of β-lactam (4-membered cyclic amide) rings is 1. The van der Waals surface area contributed by atoms with Crippen molar-refractivity contribution in [3.8, 4) is 0 Å². The van der Waals surface area contributed by atoms with Crippen LogP contribution in [-0.4, -0.2) is 116 Å². The van der Waals surface area contributed by atoms with Crippen LogP contribution in [0, 0.1) is 5.41 Å². The summed E-state index contributed by atoms with van der Waals surface area (Å²) in [6.07, 6.45) is -0.601. The number of oxime groups is 1. The van der Waals surface area contributed by atoms with Gasteiger partial charge in [-0.05, 0) is 29.8 Å². The van der Waals surface area contributed by atoms with Crippen LogP contribution in [0.25, 0.3) is 0 Å². The molecule has 2 fully saturated rings. The van der Waals surface area contributed by atoms with Crippen molar-refractivity contribution < 1.29 is 34.2 Å². The Morgan fingerprint density at radius 1 is 1.37 bits per heavy atom. The molecule has 2 saturated heterocycles. The summed E-state index contributed by atoms with van der Waals surface area (Å²) >= 11 is 3.19. The predicted molar refractivity (Wildman–Crippen MR) is 146 cm³/mol. The second-order valence-corrected chi connectivity index (χ2v) is 11.9. The summed E-state index contributed by atoms with van der Waals surface area (Å²) in [5.74, 6) is -3.64. The molecule has 3 unspecified atom stereocenters. The van der Waals surface area contributed by atoms with Gasteiger partial charge in [-0.3, -0.25) is 14.4 Å². The van der Waals surface area contributed by atoms with Crippen LogP contribution in [-0.2, 0) is 30.6 Å². The molecule has 2 aromatic rings. The molecule has 0 aliphatic carbocycles. The highest BCUT2D eigenvalue weighted by molar-refractivity contribution is 8.00. The summed E-state index contributed by atoms with van der Waals surface area (Å²) in [6, 6.07) is -0.988. The molecular weight excluding hydrogens is 602 g/mol. The van der Waals surface area contributed by atoms with Crippen molar-refractivity contribution in [2.45, 2.75) is 49.0 Å². The summed E-state index contributed by atoms with van der Waals surface area (Å²) in [5.41, 5.74) is 9.44. The number of carbonyl (C=O) groups excluding carboxylic acids is 2. The second-order valence-electron chi connectivity index (χ2n) is 9.06. The Balaban J connectivity index is 1.43. The van der Waals surface area contributed by atoms with Crippen molar-refractivity contribution in [3.05, 3.63) is 5.82 Å². The number of nitrogen functional groups attached to an aromatic ring is 1. The van der Waals surface area contributed by atoms with E-state index in [0.29, 0.717) is 24.7 Å². The van der Waals surface area contributed by atoms with Crippen LogP contribution < -0.4 is 16.8 Å². The number of anilines is 1. The SMILES string of the molecule is CCC(ON=C(C(=O)NC1C(=O)N2CC(CSc3nnnn3CCCN)(C(=O)O)CS[C@H]12)c1nsc(N)n1)C(=O)O. The van der Waals surface area contributed by atoms with Crippen LogP contribution in [0.5, 0.6) is 0 Å². The average Bonchev–Trinajstić information content (AvgIpc) is 3.59. The number of hydrogen-bond acceptors (Lipinski definition) is 16. The van der Waals surface area contributed by atoms with E-state index in [0.717, 1.165) is 11.5 Å². The van der Waals surface area contributed by atoms with Crippen molar-refractivity contribution >= 4 is 69.7 Å². The standard InChI is InChI=1S/C20H27N11O7S3/c1-2-9(16(34)35)38-26-10(12-24-18(22)41-27-12)13(32)23-11-14(33)30-6-20(17(36)37,7-39-15(11)30)8-40-19-25-28-29-31(19)5-3-4-21/h9,11,15H,2-8,21H2,1H3,(H,23,32)(H,34,35)(H,36,37)(H2,22,24,27)/t9?,11?,15-,20?/m1/s1. The van der Waals surface area contributed by atoms with Crippen LogP contribution in [0.15, 0.2) is 10.3 Å². The van der Waals surface area contributed by atoms with Gasteiger partial charge in [0.15, 0.2) is 5.13 Å². The normalized spacial score (nSPS) is 22.9. The fourth-order valence-corrected chi connectivity index (χ4v) is 7.12. The topological polar surface area (TPSA) is 267 Å². The van der Waals surface area contributed by atoms with Crippen LogP contribution in [0.3, 0.4) is 0 Å². The van der Waals surface area contributed by atoms with Gasteiger partial charge in [-0.25, -0.2) is 9.48 Å². The number of carboxylic acids is 2. The van der Waals surface area contributed by atoms with Gasteiger partial charge in [0.25, 0.3) is 5.91 Å². The highest BCUT2D eigenvalue weighted by Crippen LogP contribution is 2.44. The number of aliphatic carboxylic acids is 2. The minimum Gasteiger partial charge on any atom is -0.481 e. The summed E-state index contributed by atoms with van der Waals surface area (Å²) < 4.78 is 5.49. The van der Waals surface area contributed by atoms with E-state index in [1.165, 1.54) is 28.4 Å². The zero-order valence-corrected chi connectivity index (χ0v) is 24.0. The minimum absolute atomic E-state index is 0.0378. The van der Waals surface area contributed by atoms with Crippen LogP contribution in [0.1, 0.15) is 25.6 Å². The number of nitrogens with zero attached hydrogens (tertiary/aromatic N) is 8. The summed E-state index contributed by atoms with van der Waals surface area (Å²) in [7, 11) is 0. The van der Waals surface area contributed by atoms with Crippen LogP contribution in [0.2, 0.25) is 0 Å². The van der Waals surface area contributed by atoms with Gasteiger partial charge < -0.3 is 36.7 Å². The third-order valence-corrected chi connectivity index (χ3v) is 9.60. The molecule has 2 aliphatic rings. The molecule has 0 radical (unpaired) electrons. The Labute approximate surface area is 244 Å². The van der Waals surface area contributed by atoms with Crippen molar-refractivity contribution in [3.63, 3.8) is 0 Å². The summed E-state index contributed by atoms with van der Waals surface area (Å²) in [5, 5.41) is 37.0. The molecule has 0 bridgehead atoms. The first-order valence-electron chi connectivity index (χ1n) is 12.2. The summed E-state index contributed by atoms with van der Waals surface area (Å²) in [6.45, 7) is 2.43.